The van der Waals surface area contributed by atoms with Crippen molar-refractivity contribution in [2.75, 3.05) is 24.8 Å². The normalized spacial score (nSPS) is 19.2. The van der Waals surface area contributed by atoms with Gasteiger partial charge in [-0.05, 0) is 49.2 Å². The van der Waals surface area contributed by atoms with Gasteiger partial charge in [-0.3, -0.25) is 4.79 Å². The lowest BCUT2D eigenvalue weighted by Gasteiger charge is -2.33. The van der Waals surface area contributed by atoms with Crippen LogP contribution in [-0.2, 0) is 16.1 Å². The molecular formula is C24H27N3O5. The number of nitrogens with zero attached hydrogens (tertiary/aromatic N) is 1. The predicted octanol–water partition coefficient (Wildman–Crippen LogP) is 3.49. The third-order valence-electron chi connectivity index (χ3n) is 5.72. The number of rotatable bonds is 7. The summed E-state index contributed by atoms with van der Waals surface area (Å²) in [5, 5.41) is 5.44. The van der Waals surface area contributed by atoms with Gasteiger partial charge in [-0.25, -0.2) is 4.79 Å². The van der Waals surface area contributed by atoms with Crippen LogP contribution in [0, 0.1) is 5.92 Å². The molecule has 1 fully saturated rings. The van der Waals surface area contributed by atoms with Crippen LogP contribution in [0.3, 0.4) is 0 Å². The van der Waals surface area contributed by atoms with E-state index in [-0.39, 0.29) is 13.4 Å². The van der Waals surface area contributed by atoms with E-state index in [0.29, 0.717) is 17.2 Å². The third kappa shape index (κ3) is 4.34. The van der Waals surface area contributed by atoms with Crippen molar-refractivity contribution in [3.63, 3.8) is 0 Å². The number of urea groups is 1. The maximum Gasteiger partial charge on any atom is 0.319 e. The topological polar surface area (TPSA) is 89.1 Å². The summed E-state index contributed by atoms with van der Waals surface area (Å²) in [4.78, 5) is 27.4. The maximum absolute atomic E-state index is 13.0. The molecule has 168 valence electrons. The first-order chi connectivity index (χ1) is 15.5. The molecule has 2 atom stereocenters. The monoisotopic (exact) mass is 437 g/mol. The van der Waals surface area contributed by atoms with E-state index in [4.69, 9.17) is 14.2 Å². The van der Waals surface area contributed by atoms with E-state index in [0.717, 1.165) is 29.9 Å². The van der Waals surface area contributed by atoms with Gasteiger partial charge in [-0.2, -0.15) is 0 Å². The molecule has 2 amide bonds. The number of ether oxygens (including phenoxy) is 3. The van der Waals surface area contributed by atoms with E-state index in [2.05, 4.69) is 36.0 Å². The fraction of sp³-hybridized carbons (Fsp3) is 0.333. The van der Waals surface area contributed by atoms with E-state index in [1.165, 1.54) is 0 Å². The van der Waals surface area contributed by atoms with Crippen molar-refractivity contribution < 1.29 is 23.8 Å². The summed E-state index contributed by atoms with van der Waals surface area (Å²) in [6.45, 7) is 10.1. The number of anilines is 1. The number of hydrogen-bond acceptors (Lipinski definition) is 6. The Labute approximate surface area is 187 Å². The van der Waals surface area contributed by atoms with Crippen LogP contribution in [0.4, 0.5) is 10.5 Å². The lowest BCUT2D eigenvalue weighted by atomic mass is 9.89. The second kappa shape index (κ2) is 9.21. The number of nitrogens with one attached hydrogen (secondary N) is 2. The molecule has 2 N–H and O–H groups in total. The summed E-state index contributed by atoms with van der Waals surface area (Å²) in [7, 11) is 0. The summed E-state index contributed by atoms with van der Waals surface area (Å²) in [5.74, 6) is 0.0561. The Bertz CT molecular complexity index is 1020. The van der Waals surface area contributed by atoms with Gasteiger partial charge in [0.05, 0.1) is 6.04 Å². The Balaban J connectivity index is 1.50. The molecule has 2 aliphatic rings. The molecule has 2 aromatic carbocycles. The number of amides is 2. The average molecular weight is 437 g/mol. The fourth-order valence-electron chi connectivity index (χ4n) is 4.00. The maximum atomic E-state index is 13.0. The molecule has 2 unspecified atom stereocenters. The van der Waals surface area contributed by atoms with Crippen LogP contribution in [0.1, 0.15) is 31.0 Å². The summed E-state index contributed by atoms with van der Waals surface area (Å²) in [6, 6.07) is 12.3. The van der Waals surface area contributed by atoms with Crippen molar-refractivity contribution in [3.8, 4) is 11.5 Å². The summed E-state index contributed by atoms with van der Waals surface area (Å²) in [6.07, 6.45) is 0. The largest absolute Gasteiger partial charge is 0.460 e. The summed E-state index contributed by atoms with van der Waals surface area (Å²) >= 11 is 0. The molecule has 2 heterocycles. The van der Waals surface area contributed by atoms with E-state index in [1.54, 1.807) is 12.1 Å². The first-order valence-electron chi connectivity index (χ1n) is 10.7. The molecule has 2 aliphatic heterocycles. The highest BCUT2D eigenvalue weighted by atomic mass is 16.7. The van der Waals surface area contributed by atoms with E-state index < -0.39 is 24.0 Å². The number of carbonyl (C=O) groups is 2. The van der Waals surface area contributed by atoms with Gasteiger partial charge in [0.1, 0.15) is 12.5 Å². The third-order valence-corrected chi connectivity index (χ3v) is 5.72. The average Bonchev–Trinajstić information content (AvgIpc) is 3.26. The van der Waals surface area contributed by atoms with Gasteiger partial charge >= 0.3 is 12.0 Å². The lowest BCUT2D eigenvalue weighted by Crippen LogP contribution is -2.51. The minimum Gasteiger partial charge on any atom is -0.460 e. The van der Waals surface area contributed by atoms with Crippen molar-refractivity contribution in [2.24, 2.45) is 5.92 Å². The Hall–Kier alpha value is -3.68. The zero-order valence-corrected chi connectivity index (χ0v) is 18.2. The zero-order chi connectivity index (χ0) is 22.7. The first-order valence-corrected chi connectivity index (χ1v) is 10.7. The highest BCUT2D eigenvalue weighted by Crippen LogP contribution is 2.34. The molecule has 0 aromatic heterocycles. The second-order valence-corrected chi connectivity index (χ2v) is 7.64. The highest BCUT2D eigenvalue weighted by Gasteiger charge is 2.39. The first kappa shape index (κ1) is 21.5. The van der Waals surface area contributed by atoms with Crippen molar-refractivity contribution in [1.29, 1.82) is 0 Å². The van der Waals surface area contributed by atoms with Gasteiger partial charge in [0, 0.05) is 24.5 Å². The number of carbonyl (C=O) groups excluding carboxylic acids is 2. The van der Waals surface area contributed by atoms with Crippen LogP contribution >= 0.6 is 0 Å². The van der Waals surface area contributed by atoms with Crippen molar-refractivity contribution in [1.82, 2.24) is 10.6 Å². The molecule has 2 aromatic rings. The smallest absolute Gasteiger partial charge is 0.319 e. The molecule has 8 heteroatoms. The molecule has 1 saturated heterocycles. The highest BCUT2D eigenvalue weighted by molar-refractivity contribution is 5.85. The molecule has 0 aliphatic carbocycles. The quantitative estimate of drug-likeness (QED) is 0.645. The lowest BCUT2D eigenvalue weighted by molar-refractivity contribution is -0.149. The second-order valence-electron chi connectivity index (χ2n) is 7.64. The predicted molar refractivity (Wildman–Crippen MR) is 119 cm³/mol. The Morgan fingerprint density at radius 3 is 2.56 bits per heavy atom. The Morgan fingerprint density at radius 1 is 1.12 bits per heavy atom. The molecule has 0 saturated carbocycles. The van der Waals surface area contributed by atoms with Crippen LogP contribution in [0.15, 0.2) is 54.7 Å². The molecule has 8 nitrogen and oxygen atoms in total. The van der Waals surface area contributed by atoms with Crippen molar-refractivity contribution in [3.05, 3.63) is 65.9 Å². The van der Waals surface area contributed by atoms with Crippen molar-refractivity contribution >= 4 is 17.7 Å². The van der Waals surface area contributed by atoms with Crippen LogP contribution in [0.25, 0.3) is 0 Å². The van der Waals surface area contributed by atoms with E-state index >= 15 is 0 Å². The number of hydrogen-bond donors (Lipinski definition) is 2. The molecular weight excluding hydrogens is 410 g/mol. The number of esters is 1. The standard InChI is InChI=1S/C24H27N3O5/c1-4-27(5-2)18-9-7-17(8-10-18)22-21(15(3)25-24(29)26-22)23(28)30-13-16-6-11-19-20(12-16)32-14-31-19/h6-12,21-22H,3-5,13-14H2,1-2H3,(H2,25,26,29). The van der Waals surface area contributed by atoms with Crippen LogP contribution in [-0.4, -0.2) is 31.9 Å². The number of fused-ring (bicyclic) bond motifs is 1. The van der Waals surface area contributed by atoms with Gasteiger partial charge in [0.25, 0.3) is 0 Å². The van der Waals surface area contributed by atoms with Gasteiger partial charge in [0.2, 0.25) is 6.79 Å². The molecule has 4 rings (SSSR count). The van der Waals surface area contributed by atoms with Gasteiger partial charge in [-0.1, -0.05) is 24.8 Å². The minimum atomic E-state index is -0.763. The SMILES string of the molecule is C=C1NC(=O)NC(c2ccc(N(CC)CC)cc2)C1C(=O)OCc1ccc2c(c1)OCO2. The van der Waals surface area contributed by atoms with Gasteiger partial charge < -0.3 is 29.7 Å². The van der Waals surface area contributed by atoms with Crippen LogP contribution < -0.4 is 25.0 Å². The zero-order valence-electron chi connectivity index (χ0n) is 18.2. The number of benzene rings is 2. The molecule has 32 heavy (non-hydrogen) atoms. The van der Waals surface area contributed by atoms with E-state index in [1.807, 2.05) is 30.3 Å². The van der Waals surface area contributed by atoms with Crippen LogP contribution in [0.5, 0.6) is 11.5 Å². The van der Waals surface area contributed by atoms with Crippen LogP contribution in [0.2, 0.25) is 0 Å². The molecule has 0 spiro atoms. The fourth-order valence-corrected chi connectivity index (χ4v) is 4.00. The summed E-state index contributed by atoms with van der Waals surface area (Å²) in [5.41, 5.74) is 2.98. The molecule has 0 bridgehead atoms. The van der Waals surface area contributed by atoms with Crippen molar-refractivity contribution in [2.45, 2.75) is 26.5 Å². The summed E-state index contributed by atoms with van der Waals surface area (Å²) < 4.78 is 16.3. The Kier molecular flexibility index (Phi) is 6.20. The van der Waals surface area contributed by atoms with Gasteiger partial charge in [-0.15, -0.1) is 0 Å². The van der Waals surface area contributed by atoms with Gasteiger partial charge in [0.15, 0.2) is 11.5 Å². The Morgan fingerprint density at radius 2 is 1.84 bits per heavy atom. The van der Waals surface area contributed by atoms with E-state index in [9.17, 15) is 9.59 Å². The minimum absolute atomic E-state index is 0.0703. The molecule has 0 radical (unpaired) electrons.